The summed E-state index contributed by atoms with van der Waals surface area (Å²) in [5.41, 5.74) is 3.92. The predicted octanol–water partition coefficient (Wildman–Crippen LogP) is 1.48. The number of carbonyl (C=O) groups is 7. The molecule has 5 N–H and O–H groups in total. The van der Waals surface area contributed by atoms with Gasteiger partial charge < -0.3 is 26.6 Å². The minimum atomic E-state index is -1.14. The first-order valence-corrected chi connectivity index (χ1v) is 15.5. The van der Waals surface area contributed by atoms with E-state index in [0.29, 0.717) is 12.8 Å². The van der Waals surface area contributed by atoms with E-state index < -0.39 is 64.5 Å². The molecule has 2 saturated heterocycles. The highest BCUT2D eigenvalue weighted by atomic mass is 16.2. The first-order chi connectivity index (χ1) is 20.2. The Morgan fingerprint density at radius 2 is 1.48 bits per heavy atom. The van der Waals surface area contributed by atoms with Crippen LogP contribution in [0.4, 0.5) is 4.79 Å². The fourth-order valence-corrected chi connectivity index (χ4v) is 5.77. The number of imide groups is 1. The van der Waals surface area contributed by atoms with Crippen LogP contribution in [0.1, 0.15) is 94.4 Å². The molecule has 44 heavy (non-hydrogen) atoms. The van der Waals surface area contributed by atoms with Gasteiger partial charge in [-0.1, -0.05) is 68.7 Å². The Morgan fingerprint density at radius 3 is 1.93 bits per heavy atom. The summed E-state index contributed by atoms with van der Waals surface area (Å²) in [5, 5.41) is 8.35. The fourth-order valence-electron chi connectivity index (χ4n) is 5.77. The van der Waals surface area contributed by atoms with E-state index in [1.807, 2.05) is 41.5 Å². The Hall–Kier alpha value is -3.51. The van der Waals surface area contributed by atoms with Gasteiger partial charge in [-0.25, -0.2) is 4.79 Å². The fraction of sp³-hybridized carbons (Fsp3) is 0.774. The number of primary amides is 1. The van der Waals surface area contributed by atoms with E-state index in [4.69, 9.17) is 5.73 Å². The van der Waals surface area contributed by atoms with E-state index in [-0.39, 0.29) is 56.0 Å². The SMILES string of the molecule is CCCC(NC(=O)[C@@H]1[C@@H](C(C)C)CCN1C(=O)[C@@H](NC(=O)N[C@H](CN1C(=O)CCC1=O)C(C)(C)C)C(C)(C)C)C(=O)C(N)=O. The van der Waals surface area contributed by atoms with Gasteiger partial charge in [0.05, 0.1) is 12.1 Å². The van der Waals surface area contributed by atoms with Crippen LogP contribution in [0, 0.1) is 22.7 Å². The number of amides is 7. The van der Waals surface area contributed by atoms with E-state index in [9.17, 15) is 33.6 Å². The molecule has 0 aliphatic carbocycles. The quantitative estimate of drug-likeness (QED) is 0.188. The molecular weight excluding hydrogens is 568 g/mol. The van der Waals surface area contributed by atoms with E-state index in [1.54, 1.807) is 20.8 Å². The Bertz CT molecular complexity index is 1120. The number of urea groups is 1. The molecule has 2 rings (SSSR count). The van der Waals surface area contributed by atoms with Gasteiger partial charge in [0, 0.05) is 25.9 Å². The summed E-state index contributed by atoms with van der Waals surface area (Å²) < 4.78 is 0. The number of carbonyl (C=O) groups excluding carboxylic acids is 7. The zero-order valence-corrected chi connectivity index (χ0v) is 27.7. The van der Waals surface area contributed by atoms with Crippen molar-refractivity contribution >= 4 is 41.4 Å². The summed E-state index contributed by atoms with van der Waals surface area (Å²) in [7, 11) is 0. The first kappa shape index (κ1) is 36.7. The number of ketones is 1. The third-order valence-corrected chi connectivity index (χ3v) is 8.56. The van der Waals surface area contributed by atoms with Crippen molar-refractivity contribution in [3.8, 4) is 0 Å². The molecule has 0 aromatic carbocycles. The van der Waals surface area contributed by atoms with Gasteiger partial charge in [0.2, 0.25) is 29.4 Å². The monoisotopic (exact) mass is 620 g/mol. The molecule has 1 unspecified atom stereocenters. The maximum atomic E-state index is 14.2. The molecule has 0 radical (unpaired) electrons. The predicted molar refractivity (Wildman–Crippen MR) is 164 cm³/mol. The van der Waals surface area contributed by atoms with Crippen LogP contribution in [0.3, 0.4) is 0 Å². The summed E-state index contributed by atoms with van der Waals surface area (Å²) in [6, 6.07) is -4.31. The molecule has 248 valence electrons. The molecule has 0 saturated carbocycles. The number of Topliss-reactive ketones (excluding diaryl/α,β-unsaturated/α-hetero) is 1. The second-order valence-corrected chi connectivity index (χ2v) is 14.5. The Labute approximate surface area is 260 Å². The topological polar surface area (TPSA) is 188 Å². The molecule has 0 aromatic rings. The Kier molecular flexibility index (Phi) is 12.1. The van der Waals surface area contributed by atoms with Crippen LogP contribution in [0.15, 0.2) is 0 Å². The lowest BCUT2D eigenvalue weighted by Gasteiger charge is -2.38. The van der Waals surface area contributed by atoms with Gasteiger partial charge >= 0.3 is 6.03 Å². The Morgan fingerprint density at radius 1 is 0.909 bits per heavy atom. The van der Waals surface area contributed by atoms with Gasteiger partial charge in [0.1, 0.15) is 12.1 Å². The molecular formula is C31H52N6O7. The molecule has 13 nitrogen and oxygen atoms in total. The normalized spacial score (nSPS) is 21.2. The number of nitrogens with two attached hydrogens (primary N) is 1. The van der Waals surface area contributed by atoms with Gasteiger partial charge in [-0.15, -0.1) is 0 Å². The van der Waals surface area contributed by atoms with Crippen molar-refractivity contribution in [3.05, 3.63) is 0 Å². The lowest BCUT2D eigenvalue weighted by molar-refractivity contribution is -0.144. The van der Waals surface area contributed by atoms with Crippen molar-refractivity contribution < 1.29 is 33.6 Å². The lowest BCUT2D eigenvalue weighted by atomic mass is 9.84. The molecule has 7 amide bonds. The Balaban J connectivity index is 2.32. The van der Waals surface area contributed by atoms with E-state index in [1.165, 1.54) is 4.90 Å². The number of rotatable bonds is 12. The number of nitrogens with zero attached hydrogens (tertiary/aromatic N) is 2. The van der Waals surface area contributed by atoms with Crippen LogP contribution in [0.25, 0.3) is 0 Å². The summed E-state index contributed by atoms with van der Waals surface area (Å²) in [6.07, 6.45) is 1.56. The minimum Gasteiger partial charge on any atom is -0.363 e. The van der Waals surface area contributed by atoms with Gasteiger partial charge in [-0.3, -0.25) is 33.7 Å². The highest BCUT2D eigenvalue weighted by Gasteiger charge is 2.48. The smallest absolute Gasteiger partial charge is 0.315 e. The summed E-state index contributed by atoms with van der Waals surface area (Å²) in [4.78, 5) is 92.4. The highest BCUT2D eigenvalue weighted by molar-refractivity contribution is 6.37. The van der Waals surface area contributed by atoms with Crippen molar-refractivity contribution in [2.45, 2.75) is 119 Å². The summed E-state index contributed by atoms with van der Waals surface area (Å²) in [6.45, 7) is 17.0. The third kappa shape index (κ3) is 9.01. The van der Waals surface area contributed by atoms with E-state index >= 15 is 0 Å². The average Bonchev–Trinajstić information content (AvgIpc) is 3.48. The van der Waals surface area contributed by atoms with Gasteiger partial charge in [0.25, 0.3) is 5.91 Å². The number of likely N-dealkylation sites (tertiary alicyclic amines) is 2. The maximum absolute atomic E-state index is 14.2. The van der Waals surface area contributed by atoms with Crippen LogP contribution in [-0.2, 0) is 28.8 Å². The maximum Gasteiger partial charge on any atom is 0.315 e. The molecule has 2 fully saturated rings. The van der Waals surface area contributed by atoms with E-state index in [2.05, 4.69) is 16.0 Å². The minimum absolute atomic E-state index is 0.0100. The number of hydrogen-bond donors (Lipinski definition) is 4. The van der Waals surface area contributed by atoms with Crippen molar-refractivity contribution in [1.29, 1.82) is 0 Å². The lowest BCUT2D eigenvalue weighted by Crippen LogP contribution is -2.62. The first-order valence-electron chi connectivity index (χ1n) is 15.5. The zero-order chi connectivity index (χ0) is 33.7. The molecule has 2 aliphatic rings. The van der Waals surface area contributed by atoms with Crippen LogP contribution in [0.2, 0.25) is 0 Å². The standard InChI is InChI=1S/C31H52N6O7/c1-10-11-19(24(40)26(32)41)33-27(42)23-18(17(2)3)14-15-36(23)28(43)25(31(7,8)9)35-29(44)34-20(30(4,5)6)16-37-21(38)12-13-22(37)39/h17-20,23,25H,10-16H2,1-9H3,(H2,32,41)(H,33,42)(H2,34,35,44)/t18-,19?,20-,23+,25-/m1/s1. The molecule has 0 bridgehead atoms. The molecule has 0 aromatic heterocycles. The summed E-state index contributed by atoms with van der Waals surface area (Å²) >= 11 is 0. The van der Waals surface area contributed by atoms with Gasteiger partial charge in [-0.05, 0) is 35.5 Å². The van der Waals surface area contributed by atoms with Crippen molar-refractivity contribution in [3.63, 3.8) is 0 Å². The van der Waals surface area contributed by atoms with E-state index in [0.717, 1.165) is 4.90 Å². The van der Waals surface area contributed by atoms with Gasteiger partial charge in [-0.2, -0.15) is 0 Å². The zero-order valence-electron chi connectivity index (χ0n) is 27.7. The molecule has 13 heteroatoms. The largest absolute Gasteiger partial charge is 0.363 e. The van der Waals surface area contributed by atoms with Crippen molar-refractivity contribution in [2.75, 3.05) is 13.1 Å². The van der Waals surface area contributed by atoms with Crippen molar-refractivity contribution in [2.24, 2.45) is 28.4 Å². The van der Waals surface area contributed by atoms with Crippen LogP contribution in [0.5, 0.6) is 0 Å². The molecule has 2 aliphatic heterocycles. The average molecular weight is 621 g/mol. The summed E-state index contributed by atoms with van der Waals surface area (Å²) in [5.74, 6) is -3.81. The molecule has 2 heterocycles. The van der Waals surface area contributed by atoms with Gasteiger partial charge in [0.15, 0.2) is 0 Å². The number of nitrogens with one attached hydrogen (secondary N) is 3. The highest BCUT2D eigenvalue weighted by Crippen LogP contribution is 2.33. The van der Waals surface area contributed by atoms with Crippen LogP contribution >= 0.6 is 0 Å². The third-order valence-electron chi connectivity index (χ3n) is 8.56. The van der Waals surface area contributed by atoms with Crippen LogP contribution in [-0.4, -0.2) is 88.4 Å². The molecule has 5 atom stereocenters. The van der Waals surface area contributed by atoms with Crippen molar-refractivity contribution in [1.82, 2.24) is 25.8 Å². The second kappa shape index (κ2) is 14.5. The number of hydrogen-bond acceptors (Lipinski definition) is 7. The molecule has 0 spiro atoms. The van der Waals surface area contributed by atoms with Crippen LogP contribution < -0.4 is 21.7 Å². The second-order valence-electron chi connectivity index (χ2n) is 14.5.